The SMILES string of the molecule is CCCCCCSc1nnc2c(n1)OC(C1CC=C(C)CC1)Nc1ccccc1-2. The first kappa shape index (κ1) is 20.2. The second-order valence-corrected chi connectivity index (χ2v) is 9.03. The average Bonchev–Trinajstić information content (AvgIpc) is 2.90. The Balaban J connectivity index is 1.57. The lowest BCUT2D eigenvalue weighted by atomic mass is 9.89. The summed E-state index contributed by atoms with van der Waals surface area (Å²) in [5.74, 6) is 2.04. The van der Waals surface area contributed by atoms with Gasteiger partial charge in [-0.05, 0) is 38.7 Å². The molecule has 0 bridgehead atoms. The molecule has 1 N–H and O–H groups in total. The van der Waals surface area contributed by atoms with Gasteiger partial charge in [0.15, 0.2) is 11.9 Å². The zero-order valence-corrected chi connectivity index (χ0v) is 18.2. The van der Waals surface area contributed by atoms with E-state index in [0.29, 0.717) is 17.0 Å². The van der Waals surface area contributed by atoms with Crippen LogP contribution in [0, 0.1) is 5.92 Å². The minimum absolute atomic E-state index is 0.110. The van der Waals surface area contributed by atoms with E-state index in [1.807, 2.05) is 12.1 Å². The Hall–Kier alpha value is -2.08. The number of anilines is 1. The molecule has 2 aromatic rings. The highest BCUT2D eigenvalue weighted by Gasteiger charge is 2.31. The quantitative estimate of drug-likeness (QED) is 0.339. The first-order chi connectivity index (χ1) is 14.2. The predicted molar refractivity (Wildman–Crippen MR) is 119 cm³/mol. The Morgan fingerprint density at radius 2 is 2.07 bits per heavy atom. The van der Waals surface area contributed by atoms with Gasteiger partial charge in [-0.1, -0.05) is 67.8 Å². The van der Waals surface area contributed by atoms with Crippen LogP contribution in [-0.2, 0) is 0 Å². The van der Waals surface area contributed by atoms with Crippen molar-refractivity contribution in [3.05, 3.63) is 35.9 Å². The number of rotatable bonds is 7. The molecule has 154 valence electrons. The summed E-state index contributed by atoms with van der Waals surface area (Å²) in [5, 5.41) is 13.2. The number of hydrogen-bond acceptors (Lipinski definition) is 6. The number of ether oxygens (including phenoxy) is 1. The predicted octanol–water partition coefficient (Wildman–Crippen LogP) is 6.09. The minimum atomic E-state index is -0.110. The highest BCUT2D eigenvalue weighted by molar-refractivity contribution is 7.99. The van der Waals surface area contributed by atoms with Crippen LogP contribution in [0.3, 0.4) is 0 Å². The Kier molecular flexibility index (Phi) is 6.70. The molecule has 2 atom stereocenters. The summed E-state index contributed by atoms with van der Waals surface area (Å²) in [5.41, 5.74) is 4.25. The van der Waals surface area contributed by atoms with E-state index in [4.69, 9.17) is 9.72 Å². The van der Waals surface area contributed by atoms with E-state index in [2.05, 4.69) is 47.6 Å². The van der Waals surface area contributed by atoms with Gasteiger partial charge < -0.3 is 10.1 Å². The van der Waals surface area contributed by atoms with E-state index in [1.165, 1.54) is 31.3 Å². The van der Waals surface area contributed by atoms with Crippen molar-refractivity contribution in [3.8, 4) is 17.1 Å². The van der Waals surface area contributed by atoms with Crippen LogP contribution < -0.4 is 10.1 Å². The number of aromatic nitrogens is 3. The van der Waals surface area contributed by atoms with E-state index in [9.17, 15) is 0 Å². The number of nitrogens with zero attached hydrogens (tertiary/aromatic N) is 3. The summed E-state index contributed by atoms with van der Waals surface area (Å²) in [6.07, 6.45) is 10.5. The molecule has 29 heavy (non-hydrogen) atoms. The molecule has 2 aliphatic rings. The van der Waals surface area contributed by atoms with Crippen LogP contribution in [0.4, 0.5) is 5.69 Å². The van der Waals surface area contributed by atoms with Crippen LogP contribution in [0.1, 0.15) is 58.8 Å². The van der Waals surface area contributed by atoms with Crippen LogP contribution in [0.2, 0.25) is 0 Å². The summed E-state index contributed by atoms with van der Waals surface area (Å²) < 4.78 is 6.43. The number of allylic oxidation sites excluding steroid dienone is 2. The van der Waals surface area contributed by atoms with E-state index in [-0.39, 0.29) is 6.23 Å². The van der Waals surface area contributed by atoms with Crippen molar-refractivity contribution in [2.24, 2.45) is 5.92 Å². The lowest BCUT2D eigenvalue weighted by Crippen LogP contribution is -2.35. The molecule has 0 radical (unpaired) electrons. The van der Waals surface area contributed by atoms with Gasteiger partial charge in [-0.15, -0.1) is 10.2 Å². The third-order valence-electron chi connectivity index (χ3n) is 5.69. The van der Waals surface area contributed by atoms with Gasteiger partial charge in [-0.3, -0.25) is 0 Å². The molecule has 2 heterocycles. The Bertz CT molecular complexity index is 870. The third kappa shape index (κ3) is 4.92. The van der Waals surface area contributed by atoms with E-state index in [1.54, 1.807) is 11.8 Å². The molecule has 1 aliphatic carbocycles. The van der Waals surface area contributed by atoms with E-state index >= 15 is 0 Å². The normalized spacial score (nSPS) is 20.6. The summed E-state index contributed by atoms with van der Waals surface area (Å²) in [4.78, 5) is 4.76. The summed E-state index contributed by atoms with van der Waals surface area (Å²) in [6, 6.07) is 8.21. The average molecular weight is 411 g/mol. The molecule has 6 heteroatoms. The van der Waals surface area contributed by atoms with E-state index < -0.39 is 0 Å². The molecule has 2 unspecified atom stereocenters. The fourth-order valence-electron chi connectivity index (χ4n) is 3.90. The molecule has 0 fully saturated rings. The standard InChI is InChI=1S/C23H30N4OS/c1-3-4-5-8-15-29-23-25-22-20(26-27-23)18-9-6-7-10-19(18)24-21(28-22)17-13-11-16(2)12-14-17/h6-7,9-11,17,21,24H,3-5,8,12-15H2,1-2H3. The van der Waals surface area contributed by atoms with Crippen LogP contribution in [0.5, 0.6) is 5.88 Å². The minimum Gasteiger partial charge on any atom is -0.452 e. The zero-order chi connectivity index (χ0) is 20.1. The smallest absolute Gasteiger partial charge is 0.247 e. The fraction of sp³-hybridized carbons (Fsp3) is 0.522. The molecule has 1 aromatic heterocycles. The molecule has 0 saturated carbocycles. The molecule has 0 amide bonds. The summed E-state index contributed by atoms with van der Waals surface area (Å²) >= 11 is 1.67. The molecular weight excluding hydrogens is 380 g/mol. The number of nitrogens with one attached hydrogen (secondary N) is 1. The molecule has 0 saturated heterocycles. The highest BCUT2D eigenvalue weighted by atomic mass is 32.2. The van der Waals surface area contributed by atoms with Gasteiger partial charge in [0.2, 0.25) is 11.0 Å². The molecular formula is C23H30N4OS. The first-order valence-corrected chi connectivity index (χ1v) is 11.8. The van der Waals surface area contributed by atoms with Crippen molar-refractivity contribution < 1.29 is 4.74 Å². The summed E-state index contributed by atoms with van der Waals surface area (Å²) in [6.45, 7) is 4.44. The van der Waals surface area contributed by atoms with Gasteiger partial charge in [0, 0.05) is 22.9 Å². The van der Waals surface area contributed by atoms with Crippen molar-refractivity contribution in [1.82, 2.24) is 15.2 Å². The van der Waals surface area contributed by atoms with Gasteiger partial charge in [0.05, 0.1) is 0 Å². The summed E-state index contributed by atoms with van der Waals surface area (Å²) in [7, 11) is 0. The van der Waals surface area contributed by atoms with Crippen LogP contribution >= 0.6 is 11.8 Å². The van der Waals surface area contributed by atoms with Crippen LogP contribution in [0.15, 0.2) is 41.1 Å². The lowest BCUT2D eigenvalue weighted by molar-refractivity contribution is 0.145. The van der Waals surface area contributed by atoms with E-state index in [0.717, 1.165) is 42.0 Å². The molecule has 0 spiro atoms. The third-order valence-corrected chi connectivity index (χ3v) is 6.61. The maximum absolute atomic E-state index is 6.43. The number of fused-ring (bicyclic) bond motifs is 3. The van der Waals surface area contributed by atoms with Crippen LogP contribution in [-0.4, -0.2) is 27.2 Å². The Morgan fingerprint density at radius 1 is 1.17 bits per heavy atom. The Morgan fingerprint density at radius 3 is 2.90 bits per heavy atom. The first-order valence-electron chi connectivity index (χ1n) is 10.8. The number of para-hydroxylation sites is 1. The van der Waals surface area contributed by atoms with Gasteiger partial charge >= 0.3 is 0 Å². The fourth-order valence-corrected chi connectivity index (χ4v) is 4.67. The van der Waals surface area contributed by atoms with Gasteiger partial charge in [0.25, 0.3) is 0 Å². The van der Waals surface area contributed by atoms with Crippen molar-refractivity contribution in [1.29, 1.82) is 0 Å². The maximum Gasteiger partial charge on any atom is 0.247 e. The van der Waals surface area contributed by atoms with Gasteiger partial charge in [0.1, 0.15) is 0 Å². The van der Waals surface area contributed by atoms with Crippen molar-refractivity contribution in [3.63, 3.8) is 0 Å². The zero-order valence-electron chi connectivity index (χ0n) is 17.4. The number of benzene rings is 1. The van der Waals surface area contributed by atoms with Crippen LogP contribution in [0.25, 0.3) is 11.3 Å². The topological polar surface area (TPSA) is 59.9 Å². The molecule has 5 nitrogen and oxygen atoms in total. The van der Waals surface area contributed by atoms with Gasteiger partial charge in [-0.25, -0.2) is 0 Å². The second kappa shape index (κ2) is 9.61. The Labute approximate surface area is 177 Å². The van der Waals surface area contributed by atoms with Crippen molar-refractivity contribution in [2.45, 2.75) is 70.2 Å². The molecule has 1 aliphatic heterocycles. The number of hydrogen-bond donors (Lipinski definition) is 1. The van der Waals surface area contributed by atoms with Crippen molar-refractivity contribution >= 4 is 17.4 Å². The largest absolute Gasteiger partial charge is 0.452 e. The lowest BCUT2D eigenvalue weighted by Gasteiger charge is -2.29. The molecule has 1 aromatic carbocycles. The second-order valence-electron chi connectivity index (χ2n) is 7.97. The van der Waals surface area contributed by atoms with Gasteiger partial charge in [-0.2, -0.15) is 4.98 Å². The number of thioether (sulfide) groups is 1. The molecule has 4 rings (SSSR count). The monoisotopic (exact) mass is 410 g/mol. The highest BCUT2D eigenvalue weighted by Crippen LogP contribution is 2.39. The van der Waals surface area contributed by atoms with Crippen molar-refractivity contribution in [2.75, 3.05) is 11.1 Å². The maximum atomic E-state index is 6.43. The number of unbranched alkanes of at least 4 members (excludes halogenated alkanes) is 3.